The van der Waals surface area contributed by atoms with E-state index in [4.69, 9.17) is 14.5 Å². The van der Waals surface area contributed by atoms with Crippen LogP contribution in [0.1, 0.15) is 37.2 Å². The minimum Gasteiger partial charge on any atom is -0.444 e. The van der Waals surface area contributed by atoms with Crippen LogP contribution >= 0.6 is 0 Å². The van der Waals surface area contributed by atoms with Crippen molar-refractivity contribution >= 4 is 23.8 Å². The third-order valence-corrected chi connectivity index (χ3v) is 9.63. The van der Waals surface area contributed by atoms with E-state index < -0.39 is 59.6 Å². The van der Waals surface area contributed by atoms with Gasteiger partial charge in [-0.05, 0) is 49.4 Å². The van der Waals surface area contributed by atoms with Gasteiger partial charge in [-0.25, -0.2) is 18.6 Å². The Morgan fingerprint density at radius 1 is 1.10 bits per heavy atom. The second-order valence-electron chi connectivity index (χ2n) is 13.2. The molecule has 0 radical (unpaired) electrons. The quantitative estimate of drug-likeness (QED) is 0.226. The third kappa shape index (κ3) is 8.54. The van der Waals surface area contributed by atoms with E-state index in [1.807, 2.05) is 34.9 Å². The number of aliphatic hydroxyl groups excluding tert-OH is 1. The van der Waals surface area contributed by atoms with Crippen molar-refractivity contribution in [2.75, 3.05) is 45.9 Å². The van der Waals surface area contributed by atoms with Gasteiger partial charge in [0, 0.05) is 82.3 Å². The monoisotopic (exact) mass is 720 g/mol. The average Bonchev–Trinajstić information content (AvgIpc) is 3.84. The second-order valence-corrected chi connectivity index (χ2v) is 13.2. The molecular formula is C37H42F2N6O7. The van der Waals surface area contributed by atoms with Crippen LogP contribution < -0.4 is 10.6 Å². The van der Waals surface area contributed by atoms with Crippen LogP contribution in [0, 0.1) is 23.5 Å². The SMILES string of the molecule is C[C@H](O)C(=O)N(CC1CNC[C@@H]1OC(=O)NCCN1C(=O)C=CC1=O)[C@@H](c1nc(-c2cc(F)ccc2F)cn1Cc1ccccc1)C1CCOCC1. The Morgan fingerprint density at radius 3 is 2.54 bits per heavy atom. The first-order chi connectivity index (χ1) is 25.1. The number of aromatic nitrogens is 2. The molecule has 4 amide bonds. The van der Waals surface area contributed by atoms with Crippen LogP contribution in [0.3, 0.4) is 0 Å². The molecule has 6 rings (SSSR count). The third-order valence-electron chi connectivity index (χ3n) is 9.63. The standard InChI is InChI=1S/C37H42F2N6O7/c1-23(46)36(49)45(21-26-18-40-19-31(26)52-37(50)41-13-14-44-32(47)9-10-33(44)48)34(25-11-15-51-16-12-25)35-42-30(28-17-27(38)7-8-29(28)39)22-43(35)20-24-5-3-2-4-6-24/h2-10,17,22-23,25-26,31,34,40,46H,11-16,18-21H2,1H3,(H,41,50)/t23-,26?,31-,34+/m0/s1. The summed E-state index contributed by atoms with van der Waals surface area (Å²) in [4.78, 5) is 58.1. The molecule has 15 heteroatoms. The van der Waals surface area contributed by atoms with Crippen molar-refractivity contribution in [1.29, 1.82) is 0 Å². The number of amides is 4. The molecule has 2 saturated heterocycles. The fraction of sp³-hybridized carbons (Fsp3) is 0.432. The number of nitrogens with zero attached hydrogens (tertiary/aromatic N) is 4. The zero-order valence-corrected chi connectivity index (χ0v) is 28.8. The highest BCUT2D eigenvalue weighted by Gasteiger charge is 2.42. The Hall–Kier alpha value is -4.99. The van der Waals surface area contributed by atoms with Gasteiger partial charge in [0.25, 0.3) is 17.7 Å². The number of halogens is 2. The molecule has 3 aliphatic heterocycles. The summed E-state index contributed by atoms with van der Waals surface area (Å²) in [7, 11) is 0. The predicted octanol–water partition coefficient (Wildman–Crippen LogP) is 2.79. The van der Waals surface area contributed by atoms with Crippen LogP contribution in [-0.4, -0.2) is 106 Å². The molecule has 0 saturated carbocycles. The van der Waals surface area contributed by atoms with Crippen LogP contribution in [0.2, 0.25) is 0 Å². The topological polar surface area (TPSA) is 155 Å². The Kier molecular flexibility index (Phi) is 11.7. The summed E-state index contributed by atoms with van der Waals surface area (Å²) in [5, 5.41) is 16.6. The summed E-state index contributed by atoms with van der Waals surface area (Å²) < 4.78 is 42.9. The second kappa shape index (κ2) is 16.6. The number of hydrogen-bond donors (Lipinski definition) is 3. The van der Waals surface area contributed by atoms with Gasteiger partial charge in [0.05, 0.1) is 11.7 Å². The number of ether oxygens (including phenoxy) is 2. The maximum Gasteiger partial charge on any atom is 0.407 e. The summed E-state index contributed by atoms with van der Waals surface area (Å²) in [5.74, 6) is -2.90. The molecule has 3 aromatic rings. The van der Waals surface area contributed by atoms with Crippen molar-refractivity contribution in [1.82, 2.24) is 30.0 Å². The number of carbonyl (C=O) groups is 4. The minimum absolute atomic E-state index is 0.0143. The first kappa shape index (κ1) is 36.8. The molecule has 13 nitrogen and oxygen atoms in total. The van der Waals surface area contributed by atoms with Crippen LogP contribution in [0.25, 0.3) is 11.3 Å². The van der Waals surface area contributed by atoms with E-state index in [0.29, 0.717) is 51.5 Å². The number of benzene rings is 2. The van der Waals surface area contributed by atoms with Gasteiger partial charge in [-0.15, -0.1) is 0 Å². The number of aliphatic hydroxyl groups is 1. The first-order valence-electron chi connectivity index (χ1n) is 17.4. The van der Waals surface area contributed by atoms with Crippen LogP contribution in [0.4, 0.5) is 13.6 Å². The van der Waals surface area contributed by atoms with Crippen molar-refractivity contribution in [3.8, 4) is 11.3 Å². The van der Waals surface area contributed by atoms with Crippen molar-refractivity contribution in [2.24, 2.45) is 11.8 Å². The molecule has 4 atom stereocenters. The van der Waals surface area contributed by atoms with Crippen molar-refractivity contribution in [3.63, 3.8) is 0 Å². The number of imidazole rings is 1. The van der Waals surface area contributed by atoms with Crippen LogP contribution in [0.15, 0.2) is 66.9 Å². The number of rotatable bonds is 13. The number of hydrogen-bond acceptors (Lipinski definition) is 9. The normalized spacial score (nSPS) is 20.3. The predicted molar refractivity (Wildman–Crippen MR) is 183 cm³/mol. The molecule has 2 aromatic carbocycles. The van der Waals surface area contributed by atoms with Crippen LogP contribution in [0.5, 0.6) is 0 Å². The lowest BCUT2D eigenvalue weighted by atomic mass is 9.88. The maximum atomic E-state index is 15.2. The summed E-state index contributed by atoms with van der Waals surface area (Å²) in [6.45, 7) is 3.30. The van der Waals surface area contributed by atoms with Crippen LogP contribution in [-0.2, 0) is 30.4 Å². The zero-order valence-electron chi connectivity index (χ0n) is 28.8. The maximum absolute atomic E-state index is 15.2. The van der Waals surface area contributed by atoms with E-state index in [-0.39, 0.29) is 36.8 Å². The average molecular weight is 721 g/mol. The van der Waals surface area contributed by atoms with Crippen molar-refractivity contribution in [2.45, 2.75) is 44.6 Å². The van der Waals surface area contributed by atoms with E-state index in [1.165, 1.54) is 6.92 Å². The summed E-state index contributed by atoms with van der Waals surface area (Å²) in [6, 6.07) is 12.0. The van der Waals surface area contributed by atoms with E-state index in [0.717, 1.165) is 40.8 Å². The molecule has 1 unspecified atom stereocenters. The lowest BCUT2D eigenvalue weighted by Crippen LogP contribution is -2.49. The smallest absolute Gasteiger partial charge is 0.407 e. The summed E-state index contributed by atoms with van der Waals surface area (Å²) in [6.07, 6.45) is 2.32. The number of alkyl carbamates (subject to hydrolysis) is 1. The number of nitrogens with one attached hydrogen (secondary N) is 2. The highest BCUT2D eigenvalue weighted by atomic mass is 19.1. The summed E-state index contributed by atoms with van der Waals surface area (Å²) in [5.41, 5.74) is 1.08. The number of imide groups is 1. The van der Waals surface area contributed by atoms with Gasteiger partial charge in [-0.1, -0.05) is 30.3 Å². The lowest BCUT2D eigenvalue weighted by molar-refractivity contribution is -0.146. The van der Waals surface area contributed by atoms with E-state index >= 15 is 4.39 Å². The molecular weight excluding hydrogens is 678 g/mol. The zero-order chi connectivity index (χ0) is 36.8. The Balaban J connectivity index is 1.31. The molecule has 1 aromatic heterocycles. The van der Waals surface area contributed by atoms with E-state index in [9.17, 15) is 28.7 Å². The van der Waals surface area contributed by atoms with Gasteiger partial charge in [-0.3, -0.25) is 19.3 Å². The summed E-state index contributed by atoms with van der Waals surface area (Å²) >= 11 is 0. The molecule has 4 heterocycles. The van der Waals surface area contributed by atoms with E-state index in [2.05, 4.69) is 10.6 Å². The molecule has 3 aliphatic rings. The lowest BCUT2D eigenvalue weighted by Gasteiger charge is -2.40. The molecule has 0 aliphatic carbocycles. The highest BCUT2D eigenvalue weighted by molar-refractivity contribution is 6.12. The van der Waals surface area contributed by atoms with Crippen molar-refractivity contribution < 1.29 is 42.5 Å². The molecule has 276 valence electrons. The van der Waals surface area contributed by atoms with Gasteiger partial charge >= 0.3 is 6.09 Å². The Labute approximate surface area is 299 Å². The molecule has 3 N–H and O–H groups in total. The first-order valence-corrected chi connectivity index (χ1v) is 17.4. The molecule has 0 spiro atoms. The number of carbonyl (C=O) groups excluding carboxylic acids is 4. The highest BCUT2D eigenvalue weighted by Crippen LogP contribution is 2.38. The largest absolute Gasteiger partial charge is 0.444 e. The van der Waals surface area contributed by atoms with Gasteiger partial charge in [0.15, 0.2) is 0 Å². The van der Waals surface area contributed by atoms with Crippen molar-refractivity contribution in [3.05, 3.63) is 89.9 Å². The van der Waals surface area contributed by atoms with Gasteiger partial charge in [-0.2, -0.15) is 0 Å². The fourth-order valence-electron chi connectivity index (χ4n) is 7.00. The van der Waals surface area contributed by atoms with E-state index in [1.54, 1.807) is 11.1 Å². The van der Waals surface area contributed by atoms with Gasteiger partial charge in [0.1, 0.15) is 29.7 Å². The molecule has 0 bridgehead atoms. The molecule has 52 heavy (non-hydrogen) atoms. The Morgan fingerprint density at radius 2 is 1.83 bits per heavy atom. The van der Waals surface area contributed by atoms with Gasteiger partial charge in [0.2, 0.25) is 0 Å². The molecule has 2 fully saturated rings. The van der Waals surface area contributed by atoms with Gasteiger partial charge < -0.3 is 34.7 Å². The fourth-order valence-corrected chi connectivity index (χ4v) is 7.00. The Bertz CT molecular complexity index is 1780. The minimum atomic E-state index is -1.39.